The molecule has 0 N–H and O–H groups in total. The van der Waals surface area contributed by atoms with E-state index in [0.29, 0.717) is 6.54 Å². The lowest BCUT2D eigenvalue weighted by molar-refractivity contribution is 0.735. The molecule has 0 saturated carbocycles. The lowest BCUT2D eigenvalue weighted by atomic mass is 10.1. The van der Waals surface area contributed by atoms with Gasteiger partial charge in [-0.25, -0.2) is 4.98 Å². The zero-order valence-electron chi connectivity index (χ0n) is 9.90. The van der Waals surface area contributed by atoms with Crippen molar-refractivity contribution < 1.29 is 0 Å². The van der Waals surface area contributed by atoms with Crippen LogP contribution in [-0.2, 0) is 19.4 Å². The third-order valence-electron chi connectivity index (χ3n) is 3.36. The predicted octanol–water partition coefficient (Wildman–Crippen LogP) is 2.43. The van der Waals surface area contributed by atoms with Crippen LogP contribution in [-0.4, -0.2) is 9.55 Å². The SMILES string of the molecule is O=c1cc(Cl)ncn1Cc1ccc2c(c1)CCC2. The summed E-state index contributed by atoms with van der Waals surface area (Å²) in [4.78, 5) is 15.7. The van der Waals surface area contributed by atoms with Crippen molar-refractivity contribution >= 4 is 11.6 Å². The number of rotatable bonds is 2. The number of fused-ring (bicyclic) bond motifs is 1. The number of aryl methyl sites for hydroxylation is 2. The summed E-state index contributed by atoms with van der Waals surface area (Å²) in [6.07, 6.45) is 5.06. The highest BCUT2D eigenvalue weighted by atomic mass is 35.5. The predicted molar refractivity (Wildman–Crippen MR) is 71.1 cm³/mol. The van der Waals surface area contributed by atoms with E-state index >= 15 is 0 Å². The van der Waals surface area contributed by atoms with Gasteiger partial charge in [0.15, 0.2) is 0 Å². The second-order valence-corrected chi connectivity index (χ2v) is 5.02. The van der Waals surface area contributed by atoms with E-state index in [1.807, 2.05) is 0 Å². The van der Waals surface area contributed by atoms with Crippen LogP contribution in [0.1, 0.15) is 23.1 Å². The van der Waals surface area contributed by atoms with Crippen molar-refractivity contribution in [1.82, 2.24) is 9.55 Å². The fraction of sp³-hybridized carbons (Fsp3) is 0.286. The molecule has 1 aromatic heterocycles. The Kier molecular flexibility index (Phi) is 2.92. The average Bonchev–Trinajstić information content (AvgIpc) is 2.80. The third-order valence-corrected chi connectivity index (χ3v) is 3.57. The van der Waals surface area contributed by atoms with Crippen molar-refractivity contribution in [2.75, 3.05) is 0 Å². The summed E-state index contributed by atoms with van der Waals surface area (Å²) in [7, 11) is 0. The molecule has 0 saturated heterocycles. The molecule has 1 aromatic carbocycles. The van der Waals surface area contributed by atoms with E-state index in [2.05, 4.69) is 23.2 Å². The Labute approximate surface area is 110 Å². The first-order chi connectivity index (χ1) is 8.72. The van der Waals surface area contributed by atoms with E-state index in [0.717, 1.165) is 12.0 Å². The highest BCUT2D eigenvalue weighted by Gasteiger charge is 2.11. The number of halogens is 1. The van der Waals surface area contributed by atoms with Gasteiger partial charge in [-0.2, -0.15) is 0 Å². The summed E-state index contributed by atoms with van der Waals surface area (Å²) in [5.74, 6) is 0. The van der Waals surface area contributed by atoms with Crippen LogP contribution >= 0.6 is 11.6 Å². The minimum atomic E-state index is -0.115. The molecular weight excluding hydrogens is 248 g/mol. The van der Waals surface area contributed by atoms with E-state index in [4.69, 9.17) is 11.6 Å². The van der Waals surface area contributed by atoms with E-state index in [1.54, 1.807) is 4.57 Å². The van der Waals surface area contributed by atoms with Gasteiger partial charge in [-0.3, -0.25) is 9.36 Å². The van der Waals surface area contributed by atoms with Crippen LogP contribution in [0.15, 0.2) is 35.4 Å². The molecule has 18 heavy (non-hydrogen) atoms. The summed E-state index contributed by atoms with van der Waals surface area (Å²) >= 11 is 5.67. The van der Waals surface area contributed by atoms with Gasteiger partial charge in [0.2, 0.25) is 0 Å². The first-order valence-corrected chi connectivity index (χ1v) is 6.43. The molecule has 4 heteroatoms. The summed E-state index contributed by atoms with van der Waals surface area (Å²) in [6.45, 7) is 0.552. The topological polar surface area (TPSA) is 34.9 Å². The van der Waals surface area contributed by atoms with Crippen molar-refractivity contribution in [3.8, 4) is 0 Å². The molecule has 0 unspecified atom stereocenters. The average molecular weight is 261 g/mol. The van der Waals surface area contributed by atoms with E-state index in [1.165, 1.54) is 36.4 Å². The Bertz CT molecular complexity index is 648. The molecule has 1 aliphatic rings. The Hall–Kier alpha value is -1.61. The highest BCUT2D eigenvalue weighted by Crippen LogP contribution is 2.22. The normalized spacial score (nSPS) is 13.6. The molecule has 0 amide bonds. The van der Waals surface area contributed by atoms with Gasteiger partial charge in [-0.05, 0) is 36.0 Å². The third kappa shape index (κ3) is 2.18. The molecule has 2 aromatic rings. The maximum Gasteiger partial charge on any atom is 0.255 e. The smallest absolute Gasteiger partial charge is 0.255 e. The van der Waals surface area contributed by atoms with Crippen LogP contribution < -0.4 is 5.56 Å². The number of benzene rings is 1. The van der Waals surface area contributed by atoms with Gasteiger partial charge >= 0.3 is 0 Å². The van der Waals surface area contributed by atoms with Gasteiger partial charge in [0, 0.05) is 6.07 Å². The van der Waals surface area contributed by atoms with Crippen LogP contribution in [0.4, 0.5) is 0 Å². The van der Waals surface area contributed by atoms with Crippen LogP contribution in [0.3, 0.4) is 0 Å². The lowest BCUT2D eigenvalue weighted by Gasteiger charge is -2.07. The molecule has 0 aliphatic heterocycles. The second kappa shape index (κ2) is 4.58. The Morgan fingerprint density at radius 2 is 2.06 bits per heavy atom. The molecule has 0 spiro atoms. The van der Waals surface area contributed by atoms with Gasteiger partial charge in [0.25, 0.3) is 5.56 Å². The fourth-order valence-corrected chi connectivity index (χ4v) is 2.58. The minimum absolute atomic E-state index is 0.115. The zero-order valence-corrected chi connectivity index (χ0v) is 10.7. The van der Waals surface area contributed by atoms with Gasteiger partial charge in [-0.15, -0.1) is 0 Å². The molecule has 0 radical (unpaired) electrons. The quantitative estimate of drug-likeness (QED) is 0.778. The molecule has 3 rings (SSSR count). The first-order valence-electron chi connectivity index (χ1n) is 6.05. The highest BCUT2D eigenvalue weighted by molar-refractivity contribution is 6.29. The first kappa shape index (κ1) is 11.5. The van der Waals surface area contributed by atoms with Gasteiger partial charge in [0.05, 0.1) is 12.9 Å². The molecule has 0 fully saturated rings. The van der Waals surface area contributed by atoms with Crippen LogP contribution in [0, 0.1) is 0 Å². The van der Waals surface area contributed by atoms with Gasteiger partial charge in [0.1, 0.15) is 5.15 Å². The van der Waals surface area contributed by atoms with E-state index < -0.39 is 0 Å². The monoisotopic (exact) mass is 260 g/mol. The van der Waals surface area contributed by atoms with Gasteiger partial charge in [-0.1, -0.05) is 29.8 Å². The van der Waals surface area contributed by atoms with E-state index in [-0.39, 0.29) is 10.7 Å². The number of hydrogen-bond donors (Lipinski definition) is 0. The number of aromatic nitrogens is 2. The second-order valence-electron chi connectivity index (χ2n) is 4.63. The van der Waals surface area contributed by atoms with E-state index in [9.17, 15) is 4.79 Å². The van der Waals surface area contributed by atoms with Crippen molar-refractivity contribution in [1.29, 1.82) is 0 Å². The zero-order chi connectivity index (χ0) is 12.5. The van der Waals surface area contributed by atoms with Gasteiger partial charge < -0.3 is 0 Å². The Morgan fingerprint density at radius 3 is 2.89 bits per heavy atom. The van der Waals surface area contributed by atoms with Crippen molar-refractivity contribution in [3.63, 3.8) is 0 Å². The van der Waals surface area contributed by atoms with Crippen LogP contribution in [0.25, 0.3) is 0 Å². The Morgan fingerprint density at radius 1 is 1.22 bits per heavy atom. The van der Waals surface area contributed by atoms with Crippen molar-refractivity contribution in [3.05, 3.63) is 62.8 Å². The standard InChI is InChI=1S/C14H13ClN2O/c15-13-7-14(18)17(9-16-13)8-10-4-5-11-2-1-3-12(11)6-10/h4-7,9H,1-3,8H2. The van der Waals surface area contributed by atoms with Crippen LogP contribution in [0.5, 0.6) is 0 Å². The minimum Gasteiger partial charge on any atom is -0.295 e. The maximum atomic E-state index is 11.7. The van der Waals surface area contributed by atoms with Crippen molar-refractivity contribution in [2.24, 2.45) is 0 Å². The van der Waals surface area contributed by atoms with Crippen molar-refractivity contribution in [2.45, 2.75) is 25.8 Å². The molecule has 3 nitrogen and oxygen atoms in total. The largest absolute Gasteiger partial charge is 0.295 e. The molecule has 0 bridgehead atoms. The summed E-state index contributed by atoms with van der Waals surface area (Å²) < 4.78 is 1.57. The molecular formula is C14H13ClN2O. The Balaban J connectivity index is 1.90. The summed E-state index contributed by atoms with van der Waals surface area (Å²) in [6, 6.07) is 7.80. The number of hydrogen-bond acceptors (Lipinski definition) is 2. The number of nitrogens with zero attached hydrogens (tertiary/aromatic N) is 2. The van der Waals surface area contributed by atoms with Crippen LogP contribution in [0.2, 0.25) is 5.15 Å². The summed E-state index contributed by atoms with van der Waals surface area (Å²) in [5.41, 5.74) is 3.89. The molecule has 92 valence electrons. The molecule has 1 heterocycles. The molecule has 1 aliphatic carbocycles. The maximum absolute atomic E-state index is 11.7. The summed E-state index contributed by atoms with van der Waals surface area (Å²) in [5, 5.41) is 0.241. The molecule has 0 atom stereocenters. The lowest BCUT2D eigenvalue weighted by Crippen LogP contribution is -2.19. The fourth-order valence-electron chi connectivity index (χ4n) is 2.44.